The molecule has 0 saturated heterocycles. The molecule has 2 atom stereocenters. The van der Waals surface area contributed by atoms with Crippen LogP contribution in [0.1, 0.15) is 39.1 Å². The monoisotopic (exact) mass is 268 g/mol. The van der Waals surface area contributed by atoms with Gasteiger partial charge in [0, 0.05) is 25.8 Å². The van der Waals surface area contributed by atoms with Crippen molar-refractivity contribution in [2.24, 2.45) is 11.3 Å². The van der Waals surface area contributed by atoms with E-state index in [1.54, 1.807) is 7.11 Å². The Bertz CT molecular complexity index is 395. The first-order valence-corrected chi connectivity index (χ1v) is 6.85. The zero-order valence-corrected chi connectivity index (χ0v) is 13.0. The molecule has 0 aromatic carbocycles. The first-order valence-electron chi connectivity index (χ1n) is 6.85. The second kappa shape index (κ2) is 6.50. The highest BCUT2D eigenvalue weighted by Gasteiger charge is 2.32. The molecule has 2 unspecified atom stereocenters. The number of hydrazine groups is 1. The van der Waals surface area contributed by atoms with Gasteiger partial charge in [-0.05, 0) is 25.3 Å². The average molecular weight is 268 g/mol. The number of nitrogens with zero attached hydrogens (tertiary/aromatic N) is 2. The van der Waals surface area contributed by atoms with E-state index in [2.05, 4.69) is 44.3 Å². The number of hydrogen-bond acceptors (Lipinski definition) is 4. The molecule has 0 saturated carbocycles. The van der Waals surface area contributed by atoms with Crippen molar-refractivity contribution in [2.75, 3.05) is 7.11 Å². The molecule has 0 fully saturated rings. The number of hydrogen-bond donors (Lipinski definition) is 2. The number of rotatable bonds is 6. The Morgan fingerprint density at radius 1 is 1.47 bits per heavy atom. The van der Waals surface area contributed by atoms with E-state index in [0.29, 0.717) is 0 Å². The van der Waals surface area contributed by atoms with Gasteiger partial charge in [-0.15, -0.1) is 0 Å². The summed E-state index contributed by atoms with van der Waals surface area (Å²) < 4.78 is 7.67. The largest absolute Gasteiger partial charge is 0.379 e. The number of methoxy groups -OCH3 is 1. The van der Waals surface area contributed by atoms with Crippen molar-refractivity contribution in [1.29, 1.82) is 0 Å². The molecule has 0 aliphatic heterocycles. The summed E-state index contributed by atoms with van der Waals surface area (Å²) in [6.07, 6.45) is 0.846. The summed E-state index contributed by atoms with van der Waals surface area (Å²) in [5.41, 5.74) is 5.16. The first-order chi connectivity index (χ1) is 8.83. The molecule has 1 aromatic heterocycles. The fourth-order valence-corrected chi connectivity index (χ4v) is 2.64. The van der Waals surface area contributed by atoms with Gasteiger partial charge in [0.25, 0.3) is 0 Å². The standard InChI is InChI=1S/C14H28N4O/c1-7-18-11(8-10(2)17-18)9-12(16-15)13(19-6)14(3,4)5/h8,12-13,16H,7,9,15H2,1-6H3. The van der Waals surface area contributed by atoms with E-state index < -0.39 is 0 Å². The summed E-state index contributed by atoms with van der Waals surface area (Å²) in [4.78, 5) is 0. The molecule has 1 rings (SSSR count). The molecule has 5 heteroatoms. The van der Waals surface area contributed by atoms with Crippen LogP contribution < -0.4 is 11.3 Å². The molecule has 0 aliphatic carbocycles. The van der Waals surface area contributed by atoms with Crippen LogP contribution >= 0.6 is 0 Å². The Balaban J connectivity index is 2.92. The minimum atomic E-state index is 0.0257. The molecule has 19 heavy (non-hydrogen) atoms. The SMILES string of the molecule is CCn1nc(C)cc1CC(NN)C(OC)C(C)(C)C. The molecule has 0 aliphatic rings. The fraction of sp³-hybridized carbons (Fsp3) is 0.786. The second-order valence-electron chi connectivity index (χ2n) is 6.09. The minimum Gasteiger partial charge on any atom is -0.379 e. The summed E-state index contributed by atoms with van der Waals surface area (Å²) >= 11 is 0. The van der Waals surface area contributed by atoms with Gasteiger partial charge in [-0.1, -0.05) is 20.8 Å². The van der Waals surface area contributed by atoms with Gasteiger partial charge in [0.2, 0.25) is 0 Å². The van der Waals surface area contributed by atoms with Crippen LogP contribution in [0.25, 0.3) is 0 Å². The fourth-order valence-electron chi connectivity index (χ4n) is 2.64. The van der Waals surface area contributed by atoms with Gasteiger partial charge in [-0.25, -0.2) is 0 Å². The first kappa shape index (κ1) is 16.1. The highest BCUT2D eigenvalue weighted by molar-refractivity contribution is 5.11. The van der Waals surface area contributed by atoms with Crippen molar-refractivity contribution in [3.8, 4) is 0 Å². The Morgan fingerprint density at radius 2 is 2.11 bits per heavy atom. The maximum atomic E-state index is 5.73. The molecule has 0 bridgehead atoms. The van der Waals surface area contributed by atoms with Crippen LogP contribution in [0.2, 0.25) is 0 Å². The zero-order chi connectivity index (χ0) is 14.6. The number of ether oxygens (including phenoxy) is 1. The summed E-state index contributed by atoms with van der Waals surface area (Å²) in [6, 6.07) is 2.18. The Morgan fingerprint density at radius 3 is 2.53 bits per heavy atom. The number of aryl methyl sites for hydroxylation is 2. The molecule has 0 spiro atoms. The van der Waals surface area contributed by atoms with Crippen LogP contribution in [-0.4, -0.2) is 29.0 Å². The van der Waals surface area contributed by atoms with E-state index in [1.807, 2.05) is 11.6 Å². The van der Waals surface area contributed by atoms with Gasteiger partial charge >= 0.3 is 0 Å². The van der Waals surface area contributed by atoms with E-state index in [4.69, 9.17) is 10.6 Å². The molecule has 1 heterocycles. The van der Waals surface area contributed by atoms with Gasteiger partial charge in [0.15, 0.2) is 0 Å². The molecule has 0 radical (unpaired) electrons. The summed E-state index contributed by atoms with van der Waals surface area (Å²) in [6.45, 7) is 11.5. The van der Waals surface area contributed by atoms with E-state index in [9.17, 15) is 0 Å². The lowest BCUT2D eigenvalue weighted by molar-refractivity contribution is -0.0114. The summed E-state index contributed by atoms with van der Waals surface area (Å²) in [7, 11) is 1.74. The smallest absolute Gasteiger partial charge is 0.0789 e. The number of nitrogens with one attached hydrogen (secondary N) is 1. The van der Waals surface area contributed by atoms with E-state index >= 15 is 0 Å². The molecular formula is C14H28N4O. The van der Waals surface area contributed by atoms with Crippen LogP contribution in [0.4, 0.5) is 0 Å². The second-order valence-corrected chi connectivity index (χ2v) is 6.09. The topological polar surface area (TPSA) is 65.1 Å². The van der Waals surface area contributed by atoms with Crippen molar-refractivity contribution in [3.63, 3.8) is 0 Å². The lowest BCUT2D eigenvalue weighted by Crippen LogP contribution is -2.51. The zero-order valence-electron chi connectivity index (χ0n) is 13.0. The maximum Gasteiger partial charge on any atom is 0.0789 e. The van der Waals surface area contributed by atoms with Crippen LogP contribution in [0.15, 0.2) is 6.07 Å². The number of nitrogens with two attached hydrogens (primary N) is 1. The lowest BCUT2D eigenvalue weighted by atomic mass is 9.83. The highest BCUT2D eigenvalue weighted by Crippen LogP contribution is 2.26. The van der Waals surface area contributed by atoms with Crippen molar-refractivity contribution < 1.29 is 4.74 Å². The van der Waals surface area contributed by atoms with Gasteiger partial charge in [0.05, 0.1) is 17.8 Å². The molecule has 0 amide bonds. The third-order valence-electron chi connectivity index (χ3n) is 3.40. The predicted octanol–water partition coefficient (Wildman–Crippen LogP) is 1.65. The molecular weight excluding hydrogens is 240 g/mol. The van der Waals surface area contributed by atoms with Crippen LogP contribution in [0.5, 0.6) is 0 Å². The summed E-state index contributed by atoms with van der Waals surface area (Å²) in [5, 5.41) is 4.47. The van der Waals surface area contributed by atoms with E-state index in [1.165, 1.54) is 5.69 Å². The van der Waals surface area contributed by atoms with Crippen molar-refractivity contribution in [1.82, 2.24) is 15.2 Å². The van der Waals surface area contributed by atoms with Crippen molar-refractivity contribution in [3.05, 3.63) is 17.5 Å². The van der Waals surface area contributed by atoms with Gasteiger partial charge < -0.3 is 4.74 Å². The van der Waals surface area contributed by atoms with Gasteiger partial charge in [-0.2, -0.15) is 5.10 Å². The highest BCUT2D eigenvalue weighted by atomic mass is 16.5. The quantitative estimate of drug-likeness (QED) is 0.608. The summed E-state index contributed by atoms with van der Waals surface area (Å²) in [5.74, 6) is 5.73. The minimum absolute atomic E-state index is 0.0257. The van der Waals surface area contributed by atoms with E-state index in [0.717, 1.165) is 18.7 Å². The van der Waals surface area contributed by atoms with Gasteiger partial charge in [0.1, 0.15) is 0 Å². The van der Waals surface area contributed by atoms with Crippen LogP contribution in [0, 0.1) is 12.3 Å². The van der Waals surface area contributed by atoms with E-state index in [-0.39, 0.29) is 17.6 Å². The van der Waals surface area contributed by atoms with Crippen LogP contribution in [0.3, 0.4) is 0 Å². The number of aromatic nitrogens is 2. The molecule has 1 aromatic rings. The van der Waals surface area contributed by atoms with Crippen molar-refractivity contribution in [2.45, 2.75) is 59.7 Å². The Labute approximate surface area is 116 Å². The van der Waals surface area contributed by atoms with Crippen molar-refractivity contribution >= 4 is 0 Å². The predicted molar refractivity (Wildman–Crippen MR) is 77.7 cm³/mol. The van der Waals surface area contributed by atoms with Gasteiger partial charge in [-0.3, -0.25) is 16.0 Å². The molecule has 3 N–H and O–H groups in total. The maximum absolute atomic E-state index is 5.73. The molecule has 5 nitrogen and oxygen atoms in total. The third-order valence-corrected chi connectivity index (χ3v) is 3.40. The molecule has 110 valence electrons. The Hall–Kier alpha value is -0.910. The van der Waals surface area contributed by atoms with Crippen LogP contribution in [-0.2, 0) is 17.7 Å². The third kappa shape index (κ3) is 4.03. The lowest BCUT2D eigenvalue weighted by Gasteiger charge is -2.35. The Kier molecular flexibility index (Phi) is 5.52. The average Bonchev–Trinajstić information content (AvgIpc) is 2.67. The normalized spacial score (nSPS) is 15.5.